The molecule has 50 valence electrons. The van der Waals surface area contributed by atoms with Crippen molar-refractivity contribution in [3.05, 3.63) is 36.3 Å². The summed E-state index contributed by atoms with van der Waals surface area (Å²) in [5.41, 5.74) is 3.72. The minimum absolute atomic E-state index is 1.18. The van der Waals surface area contributed by atoms with E-state index in [1.807, 2.05) is 6.07 Å². The molecule has 0 radical (unpaired) electrons. The van der Waals surface area contributed by atoms with Crippen LogP contribution in [0, 0.1) is 6.92 Å². The van der Waals surface area contributed by atoms with Crippen molar-refractivity contribution >= 4 is 0 Å². The molecule has 0 bridgehead atoms. The molecule has 0 fully saturated rings. The average Bonchev–Trinajstić information content (AvgIpc) is 2.27. The maximum absolute atomic E-state index is 5.00. The van der Waals surface area contributed by atoms with Gasteiger partial charge >= 0.3 is 0 Å². The third-order valence-corrected chi connectivity index (χ3v) is 1.62. The lowest BCUT2D eigenvalue weighted by Gasteiger charge is -1.91. The van der Waals surface area contributed by atoms with Crippen LogP contribution in [0.1, 0.15) is 5.56 Å². The van der Waals surface area contributed by atoms with Crippen LogP contribution in [0.4, 0.5) is 0 Å². The minimum Gasteiger partial charge on any atom is -0.472 e. The average molecular weight is 132 g/mol. The molecule has 2 rings (SSSR count). The van der Waals surface area contributed by atoms with Gasteiger partial charge in [0.1, 0.15) is 0 Å². The van der Waals surface area contributed by atoms with Crippen molar-refractivity contribution in [1.82, 2.24) is 0 Å². The lowest BCUT2D eigenvalue weighted by Crippen LogP contribution is -1.67. The molecule has 0 amide bonds. The zero-order chi connectivity index (χ0) is 6.97. The number of rotatable bonds is 0. The molecular formula is C9H8O. The van der Waals surface area contributed by atoms with Crippen LogP contribution in [-0.2, 0) is 0 Å². The number of aryl methyl sites for hydroxylation is 1. The fraction of sp³-hybridized carbons (Fsp3) is 0.111. The Morgan fingerprint density at radius 2 is 2.00 bits per heavy atom. The first kappa shape index (κ1) is 5.54. The summed E-state index contributed by atoms with van der Waals surface area (Å²) in [6.45, 7) is 2.08. The monoisotopic (exact) mass is 132 g/mol. The molecule has 0 saturated carbocycles. The van der Waals surface area contributed by atoms with Crippen LogP contribution in [0.5, 0.6) is 0 Å². The summed E-state index contributed by atoms with van der Waals surface area (Å²) >= 11 is 0. The second-order valence-electron chi connectivity index (χ2n) is 2.50. The molecule has 0 saturated heterocycles. The van der Waals surface area contributed by atoms with Gasteiger partial charge in [0, 0.05) is 5.56 Å². The van der Waals surface area contributed by atoms with E-state index in [9.17, 15) is 0 Å². The van der Waals surface area contributed by atoms with Crippen molar-refractivity contribution < 1.29 is 4.42 Å². The maximum Gasteiger partial charge on any atom is 0.0979 e. The number of hydrogen-bond acceptors (Lipinski definition) is 1. The summed E-state index contributed by atoms with van der Waals surface area (Å²) in [5, 5.41) is 0. The predicted molar refractivity (Wildman–Crippen MR) is 40.1 cm³/mol. The van der Waals surface area contributed by atoms with Gasteiger partial charge in [-0.05, 0) is 30.2 Å². The molecule has 0 N–H and O–H groups in total. The van der Waals surface area contributed by atoms with E-state index >= 15 is 0 Å². The van der Waals surface area contributed by atoms with Crippen molar-refractivity contribution in [2.75, 3.05) is 0 Å². The molecule has 1 aliphatic carbocycles. The van der Waals surface area contributed by atoms with Crippen molar-refractivity contribution in [2.45, 2.75) is 6.92 Å². The highest BCUT2D eigenvalue weighted by Gasteiger charge is 2.01. The van der Waals surface area contributed by atoms with Crippen molar-refractivity contribution in [3.63, 3.8) is 0 Å². The first-order chi connectivity index (χ1) is 4.86. The molecule has 1 nitrogen and oxygen atoms in total. The van der Waals surface area contributed by atoms with Gasteiger partial charge in [-0.1, -0.05) is 6.07 Å². The minimum atomic E-state index is 1.18. The topological polar surface area (TPSA) is 13.1 Å². The van der Waals surface area contributed by atoms with Crippen LogP contribution < -0.4 is 0 Å². The highest BCUT2D eigenvalue weighted by Crippen LogP contribution is 2.24. The first-order valence-corrected chi connectivity index (χ1v) is 3.29. The van der Waals surface area contributed by atoms with Crippen molar-refractivity contribution in [1.29, 1.82) is 0 Å². The third-order valence-electron chi connectivity index (χ3n) is 1.62. The van der Waals surface area contributed by atoms with Crippen LogP contribution >= 0.6 is 0 Å². The van der Waals surface area contributed by atoms with E-state index in [1.165, 1.54) is 16.7 Å². The summed E-state index contributed by atoms with van der Waals surface area (Å²) in [6.07, 6.45) is 3.46. The van der Waals surface area contributed by atoms with Gasteiger partial charge in [-0.25, -0.2) is 0 Å². The summed E-state index contributed by atoms with van der Waals surface area (Å²) in [6, 6.07) is 6.23. The summed E-state index contributed by atoms with van der Waals surface area (Å²) < 4.78 is 5.00. The Balaban J connectivity index is 2.76. The molecule has 0 aromatic heterocycles. The molecule has 0 aromatic rings. The van der Waals surface area contributed by atoms with Gasteiger partial charge in [-0.15, -0.1) is 0 Å². The SMILES string of the molecule is Cc1cc2ccocc-2c1. The molecule has 0 spiro atoms. The standard InChI is InChI=1S/C9H8O/c1-7-4-8-2-3-10-6-9(8)5-7/h2-6H,1H3. The summed E-state index contributed by atoms with van der Waals surface area (Å²) in [5.74, 6) is 0. The molecule has 0 unspecified atom stereocenters. The Bertz CT molecular complexity index is 279. The second-order valence-corrected chi connectivity index (χ2v) is 2.50. The normalized spacial score (nSPS) is 10.5. The van der Waals surface area contributed by atoms with E-state index in [4.69, 9.17) is 4.42 Å². The van der Waals surface area contributed by atoms with Gasteiger partial charge in [-0.3, -0.25) is 0 Å². The predicted octanol–water partition coefficient (Wildman–Crippen LogP) is 2.69. The molecule has 1 heteroatoms. The maximum atomic E-state index is 5.00. The molecule has 0 aromatic carbocycles. The van der Waals surface area contributed by atoms with Crippen LogP contribution in [0.25, 0.3) is 11.1 Å². The zero-order valence-corrected chi connectivity index (χ0v) is 5.79. The molecule has 10 heavy (non-hydrogen) atoms. The summed E-state index contributed by atoms with van der Waals surface area (Å²) in [4.78, 5) is 0. The van der Waals surface area contributed by atoms with Crippen LogP contribution in [0.15, 0.2) is 35.1 Å². The number of hydrogen-bond donors (Lipinski definition) is 0. The highest BCUT2D eigenvalue weighted by molar-refractivity contribution is 5.66. The molecule has 1 heterocycles. The van der Waals surface area contributed by atoms with E-state index in [2.05, 4.69) is 19.1 Å². The van der Waals surface area contributed by atoms with E-state index in [0.29, 0.717) is 0 Å². The number of fused-ring (bicyclic) bond motifs is 1. The molecule has 2 aliphatic rings. The van der Waals surface area contributed by atoms with Crippen molar-refractivity contribution in [2.24, 2.45) is 0 Å². The highest BCUT2D eigenvalue weighted by atomic mass is 16.3. The second kappa shape index (κ2) is 1.87. The van der Waals surface area contributed by atoms with Crippen LogP contribution in [-0.4, -0.2) is 0 Å². The van der Waals surface area contributed by atoms with E-state index in [-0.39, 0.29) is 0 Å². The van der Waals surface area contributed by atoms with Gasteiger partial charge in [0.25, 0.3) is 0 Å². The van der Waals surface area contributed by atoms with E-state index in [0.717, 1.165) is 0 Å². The summed E-state index contributed by atoms with van der Waals surface area (Å²) in [7, 11) is 0. The van der Waals surface area contributed by atoms with Gasteiger partial charge in [-0.2, -0.15) is 0 Å². The lowest BCUT2D eigenvalue weighted by molar-refractivity contribution is 0.552. The smallest absolute Gasteiger partial charge is 0.0979 e. The van der Waals surface area contributed by atoms with Crippen LogP contribution in [0.2, 0.25) is 0 Å². The van der Waals surface area contributed by atoms with E-state index in [1.54, 1.807) is 12.5 Å². The van der Waals surface area contributed by atoms with Gasteiger partial charge in [0.2, 0.25) is 0 Å². The zero-order valence-electron chi connectivity index (χ0n) is 5.79. The Labute approximate surface area is 59.6 Å². The van der Waals surface area contributed by atoms with Crippen molar-refractivity contribution in [3.8, 4) is 11.1 Å². The fourth-order valence-corrected chi connectivity index (χ4v) is 1.17. The third kappa shape index (κ3) is 0.711. The fourth-order valence-electron chi connectivity index (χ4n) is 1.17. The van der Waals surface area contributed by atoms with Crippen LogP contribution in [0.3, 0.4) is 0 Å². The van der Waals surface area contributed by atoms with Gasteiger partial charge in [0.15, 0.2) is 0 Å². The Morgan fingerprint density at radius 3 is 2.80 bits per heavy atom. The molecular weight excluding hydrogens is 124 g/mol. The quantitative estimate of drug-likeness (QED) is 0.537. The molecule has 0 atom stereocenters. The van der Waals surface area contributed by atoms with Gasteiger partial charge in [0.05, 0.1) is 12.5 Å². The first-order valence-electron chi connectivity index (χ1n) is 3.29. The largest absolute Gasteiger partial charge is 0.472 e. The Morgan fingerprint density at radius 1 is 1.20 bits per heavy atom. The van der Waals surface area contributed by atoms with Gasteiger partial charge < -0.3 is 4.42 Å². The molecule has 1 aliphatic heterocycles. The Hall–Kier alpha value is -1.24. The Kier molecular flexibility index (Phi) is 1.04. The van der Waals surface area contributed by atoms with E-state index < -0.39 is 0 Å². The lowest BCUT2D eigenvalue weighted by atomic mass is 10.2.